The van der Waals surface area contributed by atoms with E-state index in [0.717, 1.165) is 10.0 Å². The maximum Gasteiger partial charge on any atom is 0.258 e. The number of benzene rings is 2. The molecule has 0 aliphatic carbocycles. The number of nitrogens with one attached hydrogen (secondary N) is 2. The highest BCUT2D eigenvalue weighted by Crippen LogP contribution is 2.20. The van der Waals surface area contributed by atoms with E-state index in [4.69, 9.17) is 23.8 Å². The van der Waals surface area contributed by atoms with E-state index in [1.54, 1.807) is 18.2 Å². The van der Waals surface area contributed by atoms with E-state index in [2.05, 4.69) is 26.6 Å². The number of thiocarbonyl (C=S) groups is 1. The molecule has 0 aliphatic heterocycles. The molecule has 108 valence electrons. The van der Waals surface area contributed by atoms with Crippen LogP contribution in [0.2, 0.25) is 5.02 Å². The third-order valence-electron chi connectivity index (χ3n) is 2.70. The highest BCUT2D eigenvalue weighted by molar-refractivity contribution is 9.10. The van der Waals surface area contributed by atoms with E-state index in [0.29, 0.717) is 17.1 Å². The van der Waals surface area contributed by atoms with Gasteiger partial charge in [0.05, 0.1) is 10.6 Å². The summed E-state index contributed by atoms with van der Waals surface area (Å²) in [5.41, 5.74) is 1.45. The zero-order valence-corrected chi connectivity index (χ0v) is 14.1. The standard InChI is InChI=1S/C15H12BrClN2OS/c16-11-6-7-13(17)12(8-11)14(20)19-15(21)18-9-10-4-2-1-3-5-10/h1-8H,9H2,(H2,18,19,20,21). The molecular weight excluding hydrogens is 372 g/mol. The quantitative estimate of drug-likeness (QED) is 0.790. The Morgan fingerprint density at radius 1 is 1.19 bits per heavy atom. The summed E-state index contributed by atoms with van der Waals surface area (Å²) in [6.45, 7) is 0.548. The lowest BCUT2D eigenvalue weighted by molar-refractivity contribution is 0.0976. The Labute approximate surface area is 141 Å². The predicted molar refractivity (Wildman–Crippen MR) is 92.5 cm³/mol. The van der Waals surface area contributed by atoms with Crippen LogP contribution in [0.15, 0.2) is 53.0 Å². The molecule has 0 radical (unpaired) electrons. The Balaban J connectivity index is 1.93. The van der Waals surface area contributed by atoms with Gasteiger partial charge < -0.3 is 5.32 Å². The second-order valence-corrected chi connectivity index (χ2v) is 5.98. The van der Waals surface area contributed by atoms with Gasteiger partial charge in [0.1, 0.15) is 0 Å². The molecule has 0 aromatic heterocycles. The Bertz CT molecular complexity index is 664. The van der Waals surface area contributed by atoms with Gasteiger partial charge in [-0.05, 0) is 36.0 Å². The first-order chi connectivity index (χ1) is 10.1. The van der Waals surface area contributed by atoms with Crippen LogP contribution in [0.1, 0.15) is 15.9 Å². The van der Waals surface area contributed by atoms with Crippen LogP contribution in [0.25, 0.3) is 0 Å². The van der Waals surface area contributed by atoms with Gasteiger partial charge in [0.25, 0.3) is 5.91 Å². The molecule has 0 saturated heterocycles. The number of rotatable bonds is 3. The predicted octanol–water partition coefficient (Wildman–Crippen LogP) is 3.91. The van der Waals surface area contributed by atoms with Crippen molar-refractivity contribution in [3.63, 3.8) is 0 Å². The lowest BCUT2D eigenvalue weighted by atomic mass is 10.2. The van der Waals surface area contributed by atoms with Gasteiger partial charge in [-0.3, -0.25) is 10.1 Å². The van der Waals surface area contributed by atoms with Crippen LogP contribution >= 0.6 is 39.7 Å². The molecule has 2 aromatic rings. The van der Waals surface area contributed by atoms with Crippen LogP contribution in [-0.4, -0.2) is 11.0 Å². The summed E-state index contributed by atoms with van der Waals surface area (Å²) in [5, 5.41) is 6.23. The topological polar surface area (TPSA) is 41.1 Å². The number of carbonyl (C=O) groups excluding carboxylic acids is 1. The van der Waals surface area contributed by atoms with Crippen molar-refractivity contribution in [1.82, 2.24) is 10.6 Å². The molecule has 0 atom stereocenters. The van der Waals surface area contributed by atoms with Gasteiger partial charge in [0.15, 0.2) is 5.11 Å². The van der Waals surface area contributed by atoms with Crippen molar-refractivity contribution in [1.29, 1.82) is 0 Å². The molecule has 6 heteroatoms. The zero-order valence-electron chi connectivity index (χ0n) is 10.9. The summed E-state index contributed by atoms with van der Waals surface area (Å²) in [4.78, 5) is 12.1. The van der Waals surface area contributed by atoms with Gasteiger partial charge in [-0.25, -0.2) is 0 Å². The Hall–Kier alpha value is -1.43. The SMILES string of the molecule is O=C(NC(=S)NCc1ccccc1)c1cc(Br)ccc1Cl. The van der Waals surface area contributed by atoms with Crippen LogP contribution in [0, 0.1) is 0 Å². The van der Waals surface area contributed by atoms with Gasteiger partial charge in [0.2, 0.25) is 0 Å². The number of hydrogen-bond donors (Lipinski definition) is 2. The van der Waals surface area contributed by atoms with E-state index in [1.807, 2.05) is 30.3 Å². The number of hydrogen-bond acceptors (Lipinski definition) is 2. The maximum absolute atomic E-state index is 12.1. The fraction of sp³-hybridized carbons (Fsp3) is 0.0667. The fourth-order valence-electron chi connectivity index (χ4n) is 1.66. The Kier molecular flexibility index (Phi) is 5.73. The molecule has 0 aliphatic rings. The van der Waals surface area contributed by atoms with E-state index in [-0.39, 0.29) is 11.0 Å². The van der Waals surface area contributed by atoms with Crippen LogP contribution in [-0.2, 0) is 6.54 Å². The smallest absolute Gasteiger partial charge is 0.258 e. The summed E-state index contributed by atoms with van der Waals surface area (Å²) < 4.78 is 0.778. The van der Waals surface area contributed by atoms with E-state index in [9.17, 15) is 4.79 Å². The highest BCUT2D eigenvalue weighted by Gasteiger charge is 2.12. The van der Waals surface area contributed by atoms with Crippen molar-refractivity contribution in [2.75, 3.05) is 0 Å². The summed E-state index contributed by atoms with van der Waals surface area (Å²) in [7, 11) is 0. The maximum atomic E-state index is 12.1. The Morgan fingerprint density at radius 3 is 2.62 bits per heavy atom. The number of carbonyl (C=O) groups is 1. The van der Waals surface area contributed by atoms with E-state index < -0.39 is 0 Å². The van der Waals surface area contributed by atoms with Crippen LogP contribution in [0.4, 0.5) is 0 Å². The number of amides is 1. The van der Waals surface area contributed by atoms with Crippen molar-refractivity contribution in [3.05, 3.63) is 69.2 Å². The molecule has 2 N–H and O–H groups in total. The molecule has 2 aromatic carbocycles. The minimum absolute atomic E-state index is 0.264. The minimum Gasteiger partial charge on any atom is -0.358 e. The molecule has 1 amide bonds. The normalized spacial score (nSPS) is 10.0. The van der Waals surface area contributed by atoms with Gasteiger partial charge in [-0.2, -0.15) is 0 Å². The molecule has 21 heavy (non-hydrogen) atoms. The average Bonchev–Trinajstić information content (AvgIpc) is 2.48. The van der Waals surface area contributed by atoms with Crippen LogP contribution < -0.4 is 10.6 Å². The second-order valence-electron chi connectivity index (χ2n) is 4.25. The largest absolute Gasteiger partial charge is 0.358 e. The first-order valence-corrected chi connectivity index (χ1v) is 7.72. The first kappa shape index (κ1) is 15.9. The molecule has 0 fully saturated rings. The lowest BCUT2D eigenvalue weighted by Gasteiger charge is -2.10. The van der Waals surface area contributed by atoms with Crippen LogP contribution in [0.5, 0.6) is 0 Å². The van der Waals surface area contributed by atoms with Crippen molar-refractivity contribution < 1.29 is 4.79 Å². The lowest BCUT2D eigenvalue weighted by Crippen LogP contribution is -2.38. The summed E-state index contributed by atoms with van der Waals surface area (Å²) >= 11 is 14.4. The monoisotopic (exact) mass is 382 g/mol. The summed E-state index contributed by atoms with van der Waals surface area (Å²) in [5.74, 6) is -0.341. The van der Waals surface area contributed by atoms with Crippen molar-refractivity contribution in [2.45, 2.75) is 6.54 Å². The number of halogens is 2. The molecule has 0 unspecified atom stereocenters. The second kappa shape index (κ2) is 7.54. The first-order valence-electron chi connectivity index (χ1n) is 6.14. The van der Waals surface area contributed by atoms with Crippen LogP contribution in [0.3, 0.4) is 0 Å². The summed E-state index contributed by atoms with van der Waals surface area (Å²) in [6, 6.07) is 14.9. The van der Waals surface area contributed by atoms with Crippen molar-refractivity contribution >= 4 is 50.8 Å². The summed E-state index contributed by atoms with van der Waals surface area (Å²) in [6.07, 6.45) is 0. The van der Waals surface area contributed by atoms with Gasteiger partial charge >= 0.3 is 0 Å². The molecular formula is C15H12BrClN2OS. The van der Waals surface area contributed by atoms with Gasteiger partial charge in [-0.1, -0.05) is 57.9 Å². The third kappa shape index (κ3) is 4.81. The molecule has 2 rings (SSSR count). The van der Waals surface area contributed by atoms with Crippen molar-refractivity contribution in [2.24, 2.45) is 0 Å². The molecule has 3 nitrogen and oxygen atoms in total. The van der Waals surface area contributed by atoms with E-state index in [1.165, 1.54) is 0 Å². The molecule has 0 spiro atoms. The van der Waals surface area contributed by atoms with Gasteiger partial charge in [0, 0.05) is 11.0 Å². The molecule has 0 heterocycles. The fourth-order valence-corrected chi connectivity index (χ4v) is 2.39. The average molecular weight is 384 g/mol. The molecule has 0 saturated carbocycles. The van der Waals surface area contributed by atoms with Gasteiger partial charge in [-0.15, -0.1) is 0 Å². The highest BCUT2D eigenvalue weighted by atomic mass is 79.9. The Morgan fingerprint density at radius 2 is 1.90 bits per heavy atom. The van der Waals surface area contributed by atoms with Crippen molar-refractivity contribution in [3.8, 4) is 0 Å². The van der Waals surface area contributed by atoms with E-state index >= 15 is 0 Å². The minimum atomic E-state index is -0.341. The third-order valence-corrected chi connectivity index (χ3v) is 3.77. The molecule has 0 bridgehead atoms. The zero-order chi connectivity index (χ0) is 15.2.